The van der Waals surface area contributed by atoms with Crippen LogP contribution in [0.2, 0.25) is 0 Å². The fourth-order valence-corrected chi connectivity index (χ4v) is 81.5. The fraction of sp³-hybridized carbons (Fsp3) is 0. The third-order valence-corrected chi connectivity index (χ3v) is 59.9. The third-order valence-electron chi connectivity index (χ3n) is 0.239. The van der Waals surface area contributed by atoms with Crippen LogP contribution in [0.15, 0.2) is 0 Å². The van der Waals surface area contributed by atoms with Crippen LogP contribution in [0.5, 0.6) is 0 Å². The monoisotopic (exact) mass is 313 g/mol. The second-order valence-electron chi connectivity index (χ2n) is 0.513. The van der Waals surface area contributed by atoms with Crippen molar-refractivity contribution < 1.29 is 0 Å². The number of hydrogen-bond donors (Lipinski definition) is 0. The molecule has 1 heterocycles. The van der Waals surface area contributed by atoms with E-state index < -0.39 is 0 Å². The van der Waals surface area contributed by atoms with Gasteiger partial charge in [-0.3, -0.25) is 0 Å². The van der Waals surface area contributed by atoms with Gasteiger partial charge in [0.05, 0.1) is 0 Å². The summed E-state index contributed by atoms with van der Waals surface area (Å²) < 4.78 is 3.52. The van der Waals surface area contributed by atoms with Crippen LogP contribution in [0.1, 0.15) is 0 Å². The predicted molar refractivity (Wildman–Crippen MR) is 29.4 cm³/mol. The van der Waals surface area contributed by atoms with E-state index in [0.29, 0.717) is 13.7 Å². The van der Waals surface area contributed by atoms with Crippen LogP contribution >= 0.6 is 0 Å². The number of rotatable bonds is 0. The zero-order valence-corrected chi connectivity index (χ0v) is 10.1. The Hall–Kier alpha value is 2.10. The molecule has 0 saturated heterocycles. The number of hydrogen-bond acceptors (Lipinski definition) is 0. The van der Waals surface area contributed by atoms with Gasteiger partial charge in [-0.05, 0) is 0 Å². The summed E-state index contributed by atoms with van der Waals surface area (Å²) >= 11 is 3.35. The summed E-state index contributed by atoms with van der Waals surface area (Å²) in [6, 6.07) is 0. The molecule has 0 N–H and O–H groups in total. The molecule has 1 aliphatic rings. The van der Waals surface area contributed by atoms with E-state index in [4.69, 9.17) is 0 Å². The Bertz CT molecular complexity index is 61.7. The van der Waals surface area contributed by atoms with Gasteiger partial charge >= 0.3 is 52.7 Å². The Kier molecular flexibility index (Phi) is 3.30. The van der Waals surface area contributed by atoms with Gasteiger partial charge in [0.1, 0.15) is 0 Å². The summed E-state index contributed by atoms with van der Waals surface area (Å²) in [5.74, 6) is 0. The van der Waals surface area contributed by atoms with Crippen LogP contribution in [0.4, 0.5) is 0 Å². The topological polar surface area (TPSA) is 0 Å². The van der Waals surface area contributed by atoms with Crippen molar-refractivity contribution in [3.05, 3.63) is 0 Å². The molecule has 1 radical (unpaired) electrons. The Morgan fingerprint density at radius 3 is 2.80 bits per heavy atom. The van der Waals surface area contributed by atoms with E-state index in [2.05, 4.69) is 3.59 Å². The summed E-state index contributed by atoms with van der Waals surface area (Å²) in [5.41, 5.74) is 0. The van der Waals surface area contributed by atoms with Gasteiger partial charge in [-0.15, -0.1) is 0 Å². The standard InChI is InChI=1S/CHAs4/c1-2-4-5-3-1/h2H. The van der Waals surface area contributed by atoms with Gasteiger partial charge in [0.15, 0.2) is 0 Å². The van der Waals surface area contributed by atoms with E-state index in [0.717, 1.165) is 35.4 Å². The van der Waals surface area contributed by atoms with Crippen molar-refractivity contribution in [3.8, 4) is 0 Å². The summed E-state index contributed by atoms with van der Waals surface area (Å²) in [6.07, 6.45) is 0. The van der Waals surface area contributed by atoms with E-state index >= 15 is 0 Å². The molecule has 1 atom stereocenters. The molecule has 0 aromatic rings. The Morgan fingerprint density at radius 1 is 1.60 bits per heavy atom. The Balaban J connectivity index is 2.61. The van der Waals surface area contributed by atoms with Gasteiger partial charge in [-0.2, -0.15) is 0 Å². The van der Waals surface area contributed by atoms with E-state index in [-0.39, 0.29) is 0 Å². The molecule has 1 aliphatic heterocycles. The minimum absolute atomic E-state index is 0.566. The van der Waals surface area contributed by atoms with Gasteiger partial charge in [-0.25, -0.2) is 0 Å². The zero-order valence-electron chi connectivity index (χ0n) is 2.34. The SMILES string of the molecule is [C]1=[As][As]=[As][AsH]1. The van der Waals surface area contributed by atoms with Gasteiger partial charge in [0, 0.05) is 0 Å². The maximum absolute atomic E-state index is 3.52. The molecule has 4 heteroatoms. The Morgan fingerprint density at radius 2 is 2.60 bits per heavy atom. The molecule has 0 aromatic heterocycles. The molecule has 0 aromatic carbocycles. The molecule has 5 heavy (non-hydrogen) atoms. The van der Waals surface area contributed by atoms with Crippen LogP contribution in [0, 0.1) is 0 Å². The molecule has 0 aliphatic carbocycles. The first-order valence-corrected chi connectivity index (χ1v) is 19.3. The quantitative estimate of drug-likeness (QED) is 0.451. The summed E-state index contributed by atoms with van der Waals surface area (Å²) in [7, 11) is 0. The van der Waals surface area contributed by atoms with Gasteiger partial charge < -0.3 is 0 Å². The van der Waals surface area contributed by atoms with E-state index in [9.17, 15) is 0 Å². The van der Waals surface area contributed by atoms with Crippen LogP contribution in [0.25, 0.3) is 0 Å². The molecule has 25 valence electrons. The Labute approximate surface area is 51.9 Å². The molecule has 0 saturated carbocycles. The van der Waals surface area contributed by atoms with E-state index in [1.54, 1.807) is 0 Å². The molecule has 1 unspecified atom stereocenters. The minimum atomic E-state index is 0.566. The average Bonchev–Trinajstić information content (AvgIpc) is 1.76. The van der Waals surface area contributed by atoms with Crippen molar-refractivity contribution in [1.82, 2.24) is 0 Å². The molecule has 0 bridgehead atoms. The molecule has 0 fully saturated rings. The zero-order chi connectivity index (χ0) is 3.54. The molecule has 0 spiro atoms. The fourth-order valence-electron chi connectivity index (χ4n) is 0.112. The predicted octanol–water partition coefficient (Wildman–Crippen LogP) is -2.07. The van der Waals surface area contributed by atoms with Crippen LogP contribution in [-0.4, -0.2) is 52.7 Å². The van der Waals surface area contributed by atoms with Crippen molar-refractivity contribution in [2.24, 2.45) is 0 Å². The molecule has 0 amide bonds. The van der Waals surface area contributed by atoms with Crippen molar-refractivity contribution in [2.75, 3.05) is 0 Å². The molecular formula is CHAs4. The van der Waals surface area contributed by atoms with Crippen LogP contribution in [0.3, 0.4) is 0 Å². The van der Waals surface area contributed by atoms with Crippen LogP contribution in [-0.2, 0) is 0 Å². The first-order chi connectivity index (χ1) is 2.50. The van der Waals surface area contributed by atoms with Crippen molar-refractivity contribution in [1.29, 1.82) is 0 Å². The first-order valence-electron chi connectivity index (χ1n) is 1.10. The summed E-state index contributed by atoms with van der Waals surface area (Å²) in [6.45, 7) is 0. The van der Waals surface area contributed by atoms with Crippen molar-refractivity contribution in [3.63, 3.8) is 0 Å². The van der Waals surface area contributed by atoms with E-state index in [1.165, 1.54) is 0 Å². The molecule has 1 rings (SSSR count). The van der Waals surface area contributed by atoms with Gasteiger partial charge in [0.2, 0.25) is 0 Å². The van der Waals surface area contributed by atoms with Crippen molar-refractivity contribution in [2.45, 2.75) is 0 Å². The van der Waals surface area contributed by atoms with Crippen LogP contribution < -0.4 is 0 Å². The average molecular weight is 313 g/mol. The first kappa shape index (κ1) is 5.24. The van der Waals surface area contributed by atoms with Gasteiger partial charge in [0.25, 0.3) is 0 Å². The van der Waals surface area contributed by atoms with Crippen molar-refractivity contribution >= 4 is 52.7 Å². The third kappa shape index (κ3) is 2.04. The summed E-state index contributed by atoms with van der Waals surface area (Å²) in [4.78, 5) is 0. The van der Waals surface area contributed by atoms with Gasteiger partial charge in [-0.1, -0.05) is 0 Å². The molecular weight excluding hydrogens is 312 g/mol. The maximum atomic E-state index is 3.52. The summed E-state index contributed by atoms with van der Waals surface area (Å²) in [5, 5.41) is 0. The normalized spacial score (nSPS) is 32.0. The second kappa shape index (κ2) is 3.15. The second-order valence-corrected chi connectivity index (χ2v) is 35.3. The van der Waals surface area contributed by atoms with E-state index in [1.807, 2.05) is 0 Å². The molecule has 0 nitrogen and oxygen atoms in total.